The SMILES string of the molecule is CCN(CC(F)(F)F)C(=O)C1(CC)CCNCC1. The van der Waals surface area contributed by atoms with Crippen LogP contribution in [0.3, 0.4) is 0 Å². The summed E-state index contributed by atoms with van der Waals surface area (Å²) in [6.07, 6.45) is -2.48. The van der Waals surface area contributed by atoms with Gasteiger partial charge in [0, 0.05) is 6.54 Å². The standard InChI is InChI=1S/C12H21F3N2O/c1-3-11(5-7-16-8-6-11)10(18)17(4-2)9-12(13,14)15/h16H,3-9H2,1-2H3. The number of amides is 1. The summed E-state index contributed by atoms with van der Waals surface area (Å²) in [6, 6.07) is 0. The van der Waals surface area contributed by atoms with Gasteiger partial charge in [0.1, 0.15) is 6.54 Å². The molecular formula is C12H21F3N2O. The summed E-state index contributed by atoms with van der Waals surface area (Å²) in [6.45, 7) is 3.83. The number of hydrogen-bond donors (Lipinski definition) is 1. The fourth-order valence-corrected chi connectivity index (χ4v) is 2.50. The van der Waals surface area contributed by atoms with Crippen LogP contribution in [0.25, 0.3) is 0 Å². The molecule has 1 aliphatic heterocycles. The molecule has 0 aromatic carbocycles. The normalized spacial score (nSPS) is 19.6. The fraction of sp³-hybridized carbons (Fsp3) is 0.917. The fourth-order valence-electron chi connectivity index (χ4n) is 2.50. The van der Waals surface area contributed by atoms with E-state index < -0.39 is 18.1 Å². The molecule has 0 aromatic rings. The number of nitrogens with one attached hydrogen (secondary N) is 1. The quantitative estimate of drug-likeness (QED) is 0.846. The Kier molecular flexibility index (Phi) is 5.01. The molecule has 0 aliphatic carbocycles. The van der Waals surface area contributed by atoms with Crippen molar-refractivity contribution >= 4 is 5.91 Å². The van der Waals surface area contributed by atoms with Gasteiger partial charge in [-0.05, 0) is 39.3 Å². The third-order valence-electron chi connectivity index (χ3n) is 3.73. The molecule has 3 nitrogen and oxygen atoms in total. The monoisotopic (exact) mass is 266 g/mol. The maximum atomic E-state index is 12.4. The van der Waals surface area contributed by atoms with E-state index in [1.54, 1.807) is 6.92 Å². The molecule has 0 atom stereocenters. The van der Waals surface area contributed by atoms with Crippen LogP contribution in [0, 0.1) is 5.41 Å². The van der Waals surface area contributed by atoms with E-state index in [9.17, 15) is 18.0 Å². The Bertz CT molecular complexity index is 286. The first-order valence-electron chi connectivity index (χ1n) is 6.41. The van der Waals surface area contributed by atoms with E-state index in [4.69, 9.17) is 0 Å². The van der Waals surface area contributed by atoms with E-state index in [1.807, 2.05) is 6.92 Å². The lowest BCUT2D eigenvalue weighted by Gasteiger charge is -2.39. The Hall–Kier alpha value is -0.780. The van der Waals surface area contributed by atoms with Crippen LogP contribution in [0.2, 0.25) is 0 Å². The Labute approximate surface area is 106 Å². The van der Waals surface area contributed by atoms with Crippen LogP contribution in [0.5, 0.6) is 0 Å². The molecular weight excluding hydrogens is 245 g/mol. The topological polar surface area (TPSA) is 32.3 Å². The van der Waals surface area contributed by atoms with Crippen LogP contribution in [0.15, 0.2) is 0 Å². The Morgan fingerprint density at radius 1 is 1.28 bits per heavy atom. The number of hydrogen-bond acceptors (Lipinski definition) is 2. The predicted molar refractivity (Wildman–Crippen MR) is 63.1 cm³/mol. The number of rotatable bonds is 4. The number of piperidine rings is 1. The summed E-state index contributed by atoms with van der Waals surface area (Å²) < 4.78 is 37.3. The zero-order valence-electron chi connectivity index (χ0n) is 10.9. The minimum absolute atomic E-state index is 0.105. The summed E-state index contributed by atoms with van der Waals surface area (Å²) >= 11 is 0. The van der Waals surface area contributed by atoms with Crippen molar-refractivity contribution in [2.75, 3.05) is 26.2 Å². The van der Waals surface area contributed by atoms with Gasteiger partial charge in [-0.1, -0.05) is 6.92 Å². The van der Waals surface area contributed by atoms with Crippen LogP contribution in [-0.4, -0.2) is 43.2 Å². The van der Waals surface area contributed by atoms with Crippen molar-refractivity contribution in [2.24, 2.45) is 5.41 Å². The lowest BCUT2D eigenvalue weighted by molar-refractivity contribution is -0.168. The Morgan fingerprint density at radius 3 is 2.22 bits per heavy atom. The Morgan fingerprint density at radius 2 is 1.83 bits per heavy atom. The van der Waals surface area contributed by atoms with Crippen LogP contribution in [0.4, 0.5) is 13.2 Å². The molecule has 1 amide bonds. The Balaban J connectivity index is 2.80. The molecule has 1 fully saturated rings. The second-order valence-corrected chi connectivity index (χ2v) is 4.82. The minimum Gasteiger partial charge on any atom is -0.333 e. The largest absolute Gasteiger partial charge is 0.406 e. The van der Waals surface area contributed by atoms with E-state index >= 15 is 0 Å². The summed E-state index contributed by atoms with van der Waals surface area (Å²) in [5.41, 5.74) is -0.605. The molecule has 0 aromatic heterocycles. The maximum Gasteiger partial charge on any atom is 0.406 e. The first-order valence-corrected chi connectivity index (χ1v) is 6.41. The molecule has 0 spiro atoms. The highest BCUT2D eigenvalue weighted by atomic mass is 19.4. The van der Waals surface area contributed by atoms with Gasteiger partial charge in [0.2, 0.25) is 5.91 Å². The minimum atomic E-state index is -4.33. The first-order chi connectivity index (χ1) is 8.34. The van der Waals surface area contributed by atoms with Crippen LogP contribution in [-0.2, 0) is 4.79 Å². The molecule has 0 saturated carbocycles. The van der Waals surface area contributed by atoms with Crippen molar-refractivity contribution in [3.05, 3.63) is 0 Å². The number of carbonyl (C=O) groups excluding carboxylic acids is 1. The van der Waals surface area contributed by atoms with Crippen LogP contribution >= 0.6 is 0 Å². The third kappa shape index (κ3) is 3.60. The number of halogens is 3. The van der Waals surface area contributed by atoms with Crippen LogP contribution < -0.4 is 5.32 Å². The van der Waals surface area contributed by atoms with E-state index in [0.717, 1.165) is 4.90 Å². The second kappa shape index (κ2) is 5.91. The van der Waals surface area contributed by atoms with Gasteiger partial charge in [0.15, 0.2) is 0 Å². The summed E-state index contributed by atoms with van der Waals surface area (Å²) in [7, 11) is 0. The van der Waals surface area contributed by atoms with Gasteiger partial charge in [0.05, 0.1) is 5.41 Å². The lowest BCUT2D eigenvalue weighted by atomic mass is 9.75. The van der Waals surface area contributed by atoms with Crippen molar-refractivity contribution in [1.29, 1.82) is 0 Å². The number of carbonyl (C=O) groups is 1. The average Bonchev–Trinajstić information content (AvgIpc) is 2.35. The molecule has 1 saturated heterocycles. The van der Waals surface area contributed by atoms with Crippen molar-refractivity contribution in [3.63, 3.8) is 0 Å². The van der Waals surface area contributed by atoms with Gasteiger partial charge in [-0.2, -0.15) is 13.2 Å². The zero-order valence-corrected chi connectivity index (χ0v) is 10.9. The maximum absolute atomic E-state index is 12.4. The molecule has 106 valence electrons. The van der Waals surface area contributed by atoms with Crippen molar-refractivity contribution in [2.45, 2.75) is 39.3 Å². The smallest absolute Gasteiger partial charge is 0.333 e. The highest BCUT2D eigenvalue weighted by molar-refractivity contribution is 5.83. The summed E-state index contributed by atoms with van der Waals surface area (Å²) in [5, 5.41) is 3.14. The van der Waals surface area contributed by atoms with E-state index in [-0.39, 0.29) is 12.5 Å². The van der Waals surface area contributed by atoms with Gasteiger partial charge >= 0.3 is 6.18 Å². The highest BCUT2D eigenvalue weighted by Crippen LogP contribution is 2.35. The molecule has 0 unspecified atom stereocenters. The van der Waals surface area contributed by atoms with Gasteiger partial charge in [-0.3, -0.25) is 4.79 Å². The second-order valence-electron chi connectivity index (χ2n) is 4.82. The number of alkyl halides is 3. The lowest BCUT2D eigenvalue weighted by Crippen LogP contribution is -2.51. The van der Waals surface area contributed by atoms with Crippen LogP contribution in [0.1, 0.15) is 33.1 Å². The van der Waals surface area contributed by atoms with Gasteiger partial charge in [-0.15, -0.1) is 0 Å². The molecule has 0 radical (unpaired) electrons. The van der Waals surface area contributed by atoms with Gasteiger partial charge in [-0.25, -0.2) is 0 Å². The third-order valence-corrected chi connectivity index (χ3v) is 3.73. The average molecular weight is 266 g/mol. The van der Waals surface area contributed by atoms with Crippen molar-refractivity contribution < 1.29 is 18.0 Å². The van der Waals surface area contributed by atoms with Crippen molar-refractivity contribution in [3.8, 4) is 0 Å². The van der Waals surface area contributed by atoms with E-state index in [2.05, 4.69) is 5.32 Å². The predicted octanol–water partition coefficient (Wildman–Crippen LogP) is 2.18. The molecule has 6 heteroatoms. The molecule has 1 rings (SSSR count). The highest BCUT2D eigenvalue weighted by Gasteiger charge is 2.43. The summed E-state index contributed by atoms with van der Waals surface area (Å²) in [5.74, 6) is -0.341. The van der Waals surface area contributed by atoms with Gasteiger partial charge in [0.25, 0.3) is 0 Å². The molecule has 0 bridgehead atoms. The molecule has 1 N–H and O–H groups in total. The molecule has 18 heavy (non-hydrogen) atoms. The number of nitrogens with zero attached hydrogens (tertiary/aromatic N) is 1. The molecule has 1 aliphatic rings. The van der Waals surface area contributed by atoms with E-state index in [0.29, 0.717) is 32.4 Å². The van der Waals surface area contributed by atoms with Gasteiger partial charge < -0.3 is 10.2 Å². The first kappa shape index (κ1) is 15.3. The van der Waals surface area contributed by atoms with E-state index in [1.165, 1.54) is 0 Å². The zero-order chi connectivity index (χ0) is 13.8. The summed E-state index contributed by atoms with van der Waals surface area (Å²) in [4.78, 5) is 13.3. The molecule has 1 heterocycles. The van der Waals surface area contributed by atoms with Crippen molar-refractivity contribution in [1.82, 2.24) is 10.2 Å².